The van der Waals surface area contributed by atoms with Crippen LogP contribution in [0.25, 0.3) is 11.0 Å². The summed E-state index contributed by atoms with van der Waals surface area (Å²) >= 11 is 0. The normalized spacial score (nSPS) is 12.5. The number of aryl methyl sites for hydroxylation is 1. The highest BCUT2D eigenvalue weighted by Crippen LogP contribution is 2.26. The van der Waals surface area contributed by atoms with Gasteiger partial charge in [-0.2, -0.15) is 0 Å². The molecule has 1 heterocycles. The molecule has 0 amide bonds. The summed E-state index contributed by atoms with van der Waals surface area (Å²) in [6.45, 7) is 8.44. The molecule has 0 saturated carbocycles. The predicted molar refractivity (Wildman–Crippen MR) is 85.1 cm³/mol. The molecule has 0 aliphatic rings. The highest BCUT2D eigenvalue weighted by Gasteiger charge is 2.20. The summed E-state index contributed by atoms with van der Waals surface area (Å²) in [7, 11) is 4.23. The maximum Gasteiger partial charge on any atom is 0.134 e. The quantitative estimate of drug-likeness (QED) is 0.875. The number of hydrogen-bond acceptors (Lipinski definition) is 3. The van der Waals surface area contributed by atoms with Crippen molar-refractivity contribution in [1.82, 2.24) is 10.2 Å². The van der Waals surface area contributed by atoms with Gasteiger partial charge in [0.2, 0.25) is 0 Å². The molecule has 1 aromatic heterocycles. The highest BCUT2D eigenvalue weighted by molar-refractivity contribution is 5.82. The van der Waals surface area contributed by atoms with Gasteiger partial charge in [0.25, 0.3) is 0 Å². The van der Waals surface area contributed by atoms with E-state index in [1.165, 1.54) is 10.9 Å². The van der Waals surface area contributed by atoms with Crippen LogP contribution in [0, 0.1) is 0 Å². The van der Waals surface area contributed by atoms with Crippen LogP contribution in [0.15, 0.2) is 28.7 Å². The van der Waals surface area contributed by atoms with E-state index in [0.717, 1.165) is 30.9 Å². The molecule has 2 rings (SSSR count). The van der Waals surface area contributed by atoms with Gasteiger partial charge in [-0.3, -0.25) is 0 Å². The van der Waals surface area contributed by atoms with Crippen LogP contribution in [0.2, 0.25) is 0 Å². The zero-order chi connectivity index (χ0) is 14.8. The summed E-state index contributed by atoms with van der Waals surface area (Å²) in [4.78, 5) is 2.24. The van der Waals surface area contributed by atoms with Crippen molar-refractivity contribution >= 4 is 11.0 Å². The molecule has 20 heavy (non-hydrogen) atoms. The maximum absolute atomic E-state index is 5.93. The molecule has 1 N–H and O–H groups in total. The van der Waals surface area contributed by atoms with E-state index in [1.807, 2.05) is 12.1 Å². The van der Waals surface area contributed by atoms with Crippen LogP contribution < -0.4 is 5.32 Å². The molecular weight excluding hydrogens is 248 g/mol. The first-order valence-electron chi connectivity index (χ1n) is 7.33. The van der Waals surface area contributed by atoms with Crippen molar-refractivity contribution in [3.63, 3.8) is 0 Å². The second-order valence-electron chi connectivity index (χ2n) is 6.16. The van der Waals surface area contributed by atoms with E-state index in [0.29, 0.717) is 0 Å². The summed E-state index contributed by atoms with van der Waals surface area (Å²) in [5, 5.41) is 4.81. The second-order valence-corrected chi connectivity index (χ2v) is 6.16. The molecule has 3 heteroatoms. The molecule has 0 fully saturated rings. The average Bonchev–Trinajstić information content (AvgIpc) is 2.77. The van der Waals surface area contributed by atoms with Gasteiger partial charge in [-0.25, -0.2) is 0 Å². The third-order valence-corrected chi connectivity index (χ3v) is 4.17. The lowest BCUT2D eigenvalue weighted by molar-refractivity contribution is 0.189. The zero-order valence-corrected chi connectivity index (χ0v) is 13.3. The molecule has 1 aromatic carbocycles. The number of benzene rings is 1. The van der Waals surface area contributed by atoms with Crippen LogP contribution >= 0.6 is 0 Å². The summed E-state index contributed by atoms with van der Waals surface area (Å²) in [6.07, 6.45) is 0.933. The number of fused-ring (bicyclic) bond motifs is 1. The molecule has 110 valence electrons. The molecule has 0 spiro atoms. The lowest BCUT2D eigenvalue weighted by atomic mass is 10.0. The van der Waals surface area contributed by atoms with Crippen LogP contribution in [-0.4, -0.2) is 31.1 Å². The van der Waals surface area contributed by atoms with Crippen molar-refractivity contribution < 1.29 is 4.42 Å². The topological polar surface area (TPSA) is 28.4 Å². The van der Waals surface area contributed by atoms with Crippen LogP contribution in [0.4, 0.5) is 0 Å². The maximum atomic E-state index is 5.93. The van der Waals surface area contributed by atoms with E-state index in [4.69, 9.17) is 4.42 Å². The summed E-state index contributed by atoms with van der Waals surface area (Å²) in [6, 6.07) is 8.29. The van der Waals surface area contributed by atoms with Crippen molar-refractivity contribution in [2.75, 3.05) is 20.6 Å². The second kappa shape index (κ2) is 5.98. The number of nitrogens with one attached hydrogen (secondary N) is 1. The number of furan rings is 1. The van der Waals surface area contributed by atoms with Crippen LogP contribution in [0.1, 0.15) is 32.1 Å². The minimum Gasteiger partial charge on any atom is -0.461 e. The largest absolute Gasteiger partial charge is 0.461 e. The van der Waals surface area contributed by atoms with Crippen LogP contribution in [0.3, 0.4) is 0 Å². The van der Waals surface area contributed by atoms with E-state index in [2.05, 4.69) is 57.2 Å². The molecule has 0 radical (unpaired) electrons. The Balaban J connectivity index is 2.13. The van der Waals surface area contributed by atoms with E-state index in [1.54, 1.807) is 0 Å². The molecule has 0 aliphatic heterocycles. The van der Waals surface area contributed by atoms with E-state index in [9.17, 15) is 0 Å². The molecular formula is C17H26N2O. The molecule has 0 aliphatic carbocycles. The summed E-state index contributed by atoms with van der Waals surface area (Å²) < 4.78 is 5.93. The minimum absolute atomic E-state index is 0.145. The number of hydrogen-bond donors (Lipinski definition) is 1. The predicted octanol–water partition coefficient (Wildman–Crippen LogP) is 3.43. The van der Waals surface area contributed by atoms with Crippen molar-refractivity contribution in [2.24, 2.45) is 0 Å². The fourth-order valence-electron chi connectivity index (χ4n) is 2.28. The first-order valence-corrected chi connectivity index (χ1v) is 7.33. The monoisotopic (exact) mass is 274 g/mol. The standard InChI is InChI=1S/C17H26N2O/c1-6-15-14(11-18-12-17(2,3)19(4)5)13-9-7-8-10-16(13)20-15/h7-10,18H,6,11-12H2,1-5H3. The van der Waals surface area contributed by atoms with Gasteiger partial charge in [-0.05, 0) is 34.0 Å². The Morgan fingerprint density at radius 1 is 1.20 bits per heavy atom. The Morgan fingerprint density at radius 3 is 2.55 bits per heavy atom. The lowest BCUT2D eigenvalue weighted by Crippen LogP contribution is -2.46. The van der Waals surface area contributed by atoms with E-state index in [-0.39, 0.29) is 5.54 Å². The number of rotatable bonds is 6. The zero-order valence-electron chi connectivity index (χ0n) is 13.3. The molecule has 2 aromatic rings. The van der Waals surface area contributed by atoms with Crippen molar-refractivity contribution in [1.29, 1.82) is 0 Å². The Kier molecular flexibility index (Phi) is 4.51. The Bertz CT molecular complexity index is 569. The first kappa shape index (κ1) is 15.1. The average molecular weight is 274 g/mol. The van der Waals surface area contributed by atoms with Gasteiger partial charge in [0, 0.05) is 36.0 Å². The smallest absolute Gasteiger partial charge is 0.134 e. The highest BCUT2D eigenvalue weighted by atomic mass is 16.3. The third-order valence-electron chi connectivity index (χ3n) is 4.17. The molecule has 0 saturated heterocycles. The fraction of sp³-hybridized carbons (Fsp3) is 0.529. The van der Waals surface area contributed by atoms with Gasteiger partial charge in [-0.1, -0.05) is 25.1 Å². The van der Waals surface area contributed by atoms with Crippen molar-refractivity contribution in [2.45, 2.75) is 39.3 Å². The Hall–Kier alpha value is -1.32. The van der Waals surface area contributed by atoms with Gasteiger partial charge in [0.15, 0.2) is 0 Å². The van der Waals surface area contributed by atoms with Gasteiger partial charge >= 0.3 is 0 Å². The van der Waals surface area contributed by atoms with Gasteiger partial charge in [-0.15, -0.1) is 0 Å². The van der Waals surface area contributed by atoms with Gasteiger partial charge in [0.1, 0.15) is 11.3 Å². The van der Waals surface area contributed by atoms with Crippen LogP contribution in [-0.2, 0) is 13.0 Å². The molecule has 0 bridgehead atoms. The number of likely N-dealkylation sites (N-methyl/N-ethyl adjacent to an activating group) is 1. The number of para-hydroxylation sites is 1. The van der Waals surface area contributed by atoms with Crippen LogP contribution in [0.5, 0.6) is 0 Å². The molecule has 3 nitrogen and oxygen atoms in total. The lowest BCUT2D eigenvalue weighted by Gasteiger charge is -2.32. The molecule has 0 atom stereocenters. The fourth-order valence-corrected chi connectivity index (χ4v) is 2.28. The number of nitrogens with zero attached hydrogens (tertiary/aromatic N) is 1. The van der Waals surface area contributed by atoms with Gasteiger partial charge < -0.3 is 14.6 Å². The minimum atomic E-state index is 0.145. The summed E-state index contributed by atoms with van der Waals surface area (Å²) in [5.74, 6) is 1.10. The van der Waals surface area contributed by atoms with Gasteiger partial charge in [0.05, 0.1) is 0 Å². The van der Waals surface area contributed by atoms with E-state index >= 15 is 0 Å². The Morgan fingerprint density at radius 2 is 1.90 bits per heavy atom. The van der Waals surface area contributed by atoms with E-state index < -0.39 is 0 Å². The summed E-state index contributed by atoms with van der Waals surface area (Å²) in [5.41, 5.74) is 2.44. The first-order chi connectivity index (χ1) is 9.45. The third kappa shape index (κ3) is 3.05. The van der Waals surface area contributed by atoms with Crippen molar-refractivity contribution in [3.8, 4) is 0 Å². The van der Waals surface area contributed by atoms with Crippen molar-refractivity contribution in [3.05, 3.63) is 35.6 Å². The SMILES string of the molecule is CCc1oc2ccccc2c1CNCC(C)(C)N(C)C. The molecule has 0 unspecified atom stereocenters. The Labute approximate surface area is 122 Å².